The Morgan fingerprint density at radius 1 is 0.903 bits per heavy atom. The zero-order chi connectivity index (χ0) is 22.7. The standard InChI is InChI=1S/C21H35F3N2O5/c1-4-7-10-27-14-16-18(29-12-9-6-3)17(28-11-8-5-2)15(13-30-16)19-25-26-20(31-19)21(22,23)24/h15-18H,4-14H2,1-3H3/t15-,16-,17-,18+/m1/s1. The van der Waals surface area contributed by atoms with E-state index >= 15 is 0 Å². The molecule has 0 aliphatic carbocycles. The van der Waals surface area contributed by atoms with Crippen LogP contribution in [0.5, 0.6) is 0 Å². The Balaban J connectivity index is 2.20. The molecule has 7 nitrogen and oxygen atoms in total. The van der Waals surface area contributed by atoms with Crippen molar-refractivity contribution in [3.8, 4) is 0 Å². The van der Waals surface area contributed by atoms with Gasteiger partial charge in [-0.1, -0.05) is 40.0 Å². The third-order valence-corrected chi connectivity index (χ3v) is 5.12. The van der Waals surface area contributed by atoms with Crippen LogP contribution in [0.3, 0.4) is 0 Å². The van der Waals surface area contributed by atoms with Gasteiger partial charge in [-0.2, -0.15) is 13.2 Å². The lowest BCUT2D eigenvalue weighted by atomic mass is 9.91. The van der Waals surface area contributed by atoms with Crippen LogP contribution in [-0.4, -0.2) is 61.5 Å². The maximum atomic E-state index is 13.0. The minimum absolute atomic E-state index is 0.0890. The van der Waals surface area contributed by atoms with E-state index in [2.05, 4.69) is 24.0 Å². The lowest BCUT2D eigenvalue weighted by Gasteiger charge is -2.41. The average Bonchev–Trinajstić information content (AvgIpc) is 3.23. The normalized spacial score (nSPS) is 24.6. The van der Waals surface area contributed by atoms with Crippen LogP contribution in [0.4, 0.5) is 13.2 Å². The maximum absolute atomic E-state index is 13.0. The summed E-state index contributed by atoms with van der Waals surface area (Å²) in [6, 6.07) is 0. The number of rotatable bonds is 14. The first-order chi connectivity index (χ1) is 14.9. The number of alkyl halides is 3. The topological polar surface area (TPSA) is 75.8 Å². The summed E-state index contributed by atoms with van der Waals surface area (Å²) in [5.74, 6) is -2.18. The van der Waals surface area contributed by atoms with E-state index in [9.17, 15) is 13.2 Å². The lowest BCUT2D eigenvalue weighted by molar-refractivity contribution is -0.202. The molecule has 0 N–H and O–H groups in total. The quantitative estimate of drug-likeness (QED) is 0.377. The molecular weight excluding hydrogens is 417 g/mol. The van der Waals surface area contributed by atoms with Gasteiger partial charge in [0.05, 0.1) is 19.1 Å². The van der Waals surface area contributed by atoms with Crippen molar-refractivity contribution in [2.45, 2.75) is 89.7 Å². The molecule has 0 aromatic carbocycles. The molecule has 0 saturated carbocycles. The smallest absolute Gasteiger partial charge is 0.417 e. The van der Waals surface area contributed by atoms with Gasteiger partial charge in [0, 0.05) is 19.8 Å². The maximum Gasteiger partial charge on any atom is 0.470 e. The predicted molar refractivity (Wildman–Crippen MR) is 107 cm³/mol. The minimum atomic E-state index is -4.70. The average molecular weight is 453 g/mol. The van der Waals surface area contributed by atoms with Crippen LogP contribution in [0.2, 0.25) is 0 Å². The van der Waals surface area contributed by atoms with Crippen molar-refractivity contribution in [2.75, 3.05) is 33.0 Å². The van der Waals surface area contributed by atoms with E-state index in [-0.39, 0.29) is 18.6 Å². The number of ether oxygens (including phenoxy) is 4. The molecule has 1 fully saturated rings. The largest absolute Gasteiger partial charge is 0.470 e. The fraction of sp³-hybridized carbons (Fsp3) is 0.905. The fourth-order valence-corrected chi connectivity index (χ4v) is 3.30. The van der Waals surface area contributed by atoms with E-state index in [0.717, 1.165) is 38.5 Å². The number of halogens is 3. The fourth-order valence-electron chi connectivity index (χ4n) is 3.30. The molecular formula is C21H35F3N2O5. The molecule has 0 spiro atoms. The first kappa shape index (κ1) is 26.0. The lowest BCUT2D eigenvalue weighted by Crippen LogP contribution is -2.53. The monoisotopic (exact) mass is 452 g/mol. The van der Waals surface area contributed by atoms with Crippen molar-refractivity contribution in [3.63, 3.8) is 0 Å². The van der Waals surface area contributed by atoms with Gasteiger partial charge in [0.25, 0.3) is 0 Å². The van der Waals surface area contributed by atoms with Crippen molar-refractivity contribution in [1.82, 2.24) is 10.2 Å². The Kier molecular flexibility index (Phi) is 11.2. The first-order valence-corrected chi connectivity index (χ1v) is 11.2. The van der Waals surface area contributed by atoms with Crippen LogP contribution < -0.4 is 0 Å². The summed E-state index contributed by atoms with van der Waals surface area (Å²) in [5.41, 5.74) is 0. The summed E-state index contributed by atoms with van der Waals surface area (Å²) in [6.45, 7) is 8.16. The van der Waals surface area contributed by atoms with Gasteiger partial charge in [-0.05, 0) is 19.3 Å². The second-order valence-corrected chi connectivity index (χ2v) is 7.73. The first-order valence-electron chi connectivity index (χ1n) is 11.2. The zero-order valence-electron chi connectivity index (χ0n) is 18.7. The molecule has 180 valence electrons. The van der Waals surface area contributed by atoms with Crippen LogP contribution in [-0.2, 0) is 25.1 Å². The van der Waals surface area contributed by atoms with Crippen LogP contribution in [0, 0.1) is 0 Å². The molecule has 0 bridgehead atoms. The summed E-state index contributed by atoms with van der Waals surface area (Å²) in [5, 5.41) is 6.81. The van der Waals surface area contributed by atoms with Crippen molar-refractivity contribution in [3.05, 3.63) is 11.8 Å². The Bertz CT molecular complexity index is 614. The van der Waals surface area contributed by atoms with Crippen molar-refractivity contribution in [1.29, 1.82) is 0 Å². The van der Waals surface area contributed by atoms with Crippen LogP contribution >= 0.6 is 0 Å². The van der Waals surface area contributed by atoms with Gasteiger partial charge in [-0.25, -0.2) is 0 Å². The second-order valence-electron chi connectivity index (χ2n) is 7.73. The molecule has 0 unspecified atom stereocenters. The highest BCUT2D eigenvalue weighted by atomic mass is 19.4. The summed E-state index contributed by atoms with van der Waals surface area (Å²) in [4.78, 5) is 0. The van der Waals surface area contributed by atoms with Crippen molar-refractivity contribution in [2.24, 2.45) is 0 Å². The molecule has 2 rings (SSSR count). The van der Waals surface area contributed by atoms with E-state index in [1.807, 2.05) is 6.92 Å². The Morgan fingerprint density at radius 3 is 2.10 bits per heavy atom. The number of nitrogens with zero attached hydrogens (tertiary/aromatic N) is 2. The summed E-state index contributed by atoms with van der Waals surface area (Å²) >= 11 is 0. The molecule has 31 heavy (non-hydrogen) atoms. The van der Waals surface area contributed by atoms with Gasteiger partial charge in [0.1, 0.15) is 18.3 Å². The highest BCUT2D eigenvalue weighted by Gasteiger charge is 2.46. The van der Waals surface area contributed by atoms with Gasteiger partial charge in [-0.15, -0.1) is 10.2 Å². The molecule has 10 heteroatoms. The van der Waals surface area contributed by atoms with Crippen LogP contribution in [0.15, 0.2) is 4.42 Å². The number of aromatic nitrogens is 2. The Morgan fingerprint density at radius 2 is 1.52 bits per heavy atom. The molecule has 4 atom stereocenters. The SMILES string of the molecule is CCCCOC[C@H]1OC[C@@H](c2nnc(C(F)(F)F)o2)[C@@H](OCCCC)[C@H]1OCCCC. The predicted octanol–water partition coefficient (Wildman–Crippen LogP) is 4.76. The van der Waals surface area contributed by atoms with Crippen molar-refractivity contribution >= 4 is 0 Å². The molecule has 0 radical (unpaired) electrons. The third kappa shape index (κ3) is 8.00. The second kappa shape index (κ2) is 13.3. The van der Waals surface area contributed by atoms with Gasteiger partial charge < -0.3 is 23.4 Å². The van der Waals surface area contributed by atoms with E-state index in [1.165, 1.54) is 0 Å². The number of hydrogen-bond acceptors (Lipinski definition) is 7. The Labute approximate surface area is 182 Å². The summed E-state index contributed by atoms with van der Waals surface area (Å²) in [6.07, 6.45) is -0.657. The van der Waals surface area contributed by atoms with E-state index in [4.69, 9.17) is 23.4 Å². The van der Waals surface area contributed by atoms with E-state index < -0.39 is 30.2 Å². The summed E-state index contributed by atoms with van der Waals surface area (Å²) < 4.78 is 67.8. The zero-order valence-corrected chi connectivity index (χ0v) is 18.7. The molecule has 1 aromatic rings. The van der Waals surface area contributed by atoms with Gasteiger partial charge in [0.15, 0.2) is 0 Å². The summed E-state index contributed by atoms with van der Waals surface area (Å²) in [7, 11) is 0. The highest BCUT2D eigenvalue weighted by Crippen LogP contribution is 2.35. The molecule has 1 aromatic heterocycles. The van der Waals surface area contributed by atoms with Gasteiger partial charge in [-0.3, -0.25) is 0 Å². The molecule has 2 heterocycles. The highest BCUT2D eigenvalue weighted by molar-refractivity contribution is 5.04. The molecule has 1 aliphatic rings. The molecule has 1 saturated heterocycles. The number of unbranched alkanes of at least 4 members (excludes halogenated alkanes) is 3. The van der Waals surface area contributed by atoms with E-state index in [1.54, 1.807) is 0 Å². The third-order valence-electron chi connectivity index (χ3n) is 5.12. The van der Waals surface area contributed by atoms with Gasteiger partial charge in [0.2, 0.25) is 5.89 Å². The van der Waals surface area contributed by atoms with Crippen LogP contribution in [0.1, 0.15) is 77.0 Å². The Hall–Kier alpha value is -1.23. The van der Waals surface area contributed by atoms with Crippen molar-refractivity contribution < 1.29 is 36.5 Å². The van der Waals surface area contributed by atoms with E-state index in [0.29, 0.717) is 26.4 Å². The van der Waals surface area contributed by atoms with Crippen LogP contribution in [0.25, 0.3) is 0 Å². The molecule has 0 amide bonds. The minimum Gasteiger partial charge on any atom is -0.417 e. The molecule has 1 aliphatic heterocycles. The van der Waals surface area contributed by atoms with Gasteiger partial charge >= 0.3 is 12.1 Å². The number of hydrogen-bond donors (Lipinski definition) is 0.